The van der Waals surface area contributed by atoms with Crippen LogP contribution in [0.2, 0.25) is 0 Å². The van der Waals surface area contributed by atoms with Crippen molar-refractivity contribution >= 4 is 11.7 Å². The number of amides is 2. The molecule has 0 saturated heterocycles. The Balaban J connectivity index is 2.58. The van der Waals surface area contributed by atoms with E-state index in [-0.39, 0.29) is 6.03 Å². The maximum atomic E-state index is 11.5. The van der Waals surface area contributed by atoms with E-state index in [1.54, 1.807) is 11.9 Å². The Morgan fingerprint density at radius 3 is 2.44 bits per heavy atom. The van der Waals surface area contributed by atoms with Gasteiger partial charge in [-0.3, -0.25) is 0 Å². The van der Waals surface area contributed by atoms with E-state index in [0.717, 1.165) is 11.4 Å². The minimum absolute atomic E-state index is 0.105. The molecule has 1 aromatic carbocycles. The van der Waals surface area contributed by atoms with Gasteiger partial charge in [-0.15, -0.1) is 0 Å². The maximum Gasteiger partial charge on any atom is 0.321 e. The van der Waals surface area contributed by atoms with Crippen molar-refractivity contribution in [1.82, 2.24) is 4.90 Å². The number of carbonyl (C=O) groups is 1. The maximum absolute atomic E-state index is 11.5. The fourth-order valence-electron chi connectivity index (χ4n) is 1.16. The summed E-state index contributed by atoms with van der Waals surface area (Å²) in [5.74, 6) is 0.810. The van der Waals surface area contributed by atoms with E-state index < -0.39 is 0 Å². The first-order valence-electron chi connectivity index (χ1n) is 5.42. The minimum atomic E-state index is -0.105. The number of benzene rings is 1. The average molecular weight is 222 g/mol. The Hall–Kier alpha value is -1.71. The highest BCUT2D eigenvalue weighted by Gasteiger charge is 2.05. The lowest BCUT2D eigenvalue weighted by Gasteiger charge is -2.15. The first-order valence-corrected chi connectivity index (χ1v) is 5.42. The SMILES string of the molecule is CCOc1ccc(NC(=O)N(C)CC)cc1. The molecule has 0 saturated carbocycles. The number of hydrogen-bond acceptors (Lipinski definition) is 2. The molecule has 1 rings (SSSR count). The number of hydrogen-bond donors (Lipinski definition) is 1. The van der Waals surface area contributed by atoms with E-state index >= 15 is 0 Å². The second kappa shape index (κ2) is 6.00. The van der Waals surface area contributed by atoms with Crippen molar-refractivity contribution < 1.29 is 9.53 Å². The van der Waals surface area contributed by atoms with Gasteiger partial charge in [0.1, 0.15) is 5.75 Å². The first-order chi connectivity index (χ1) is 7.67. The molecule has 0 spiro atoms. The van der Waals surface area contributed by atoms with E-state index in [1.165, 1.54) is 0 Å². The molecule has 0 radical (unpaired) electrons. The monoisotopic (exact) mass is 222 g/mol. The van der Waals surface area contributed by atoms with Crippen LogP contribution in [0.1, 0.15) is 13.8 Å². The fraction of sp³-hybridized carbons (Fsp3) is 0.417. The quantitative estimate of drug-likeness (QED) is 0.850. The van der Waals surface area contributed by atoms with Crippen molar-refractivity contribution in [3.05, 3.63) is 24.3 Å². The van der Waals surface area contributed by atoms with Gasteiger partial charge in [-0.2, -0.15) is 0 Å². The summed E-state index contributed by atoms with van der Waals surface area (Å²) in [6.07, 6.45) is 0. The van der Waals surface area contributed by atoms with E-state index in [9.17, 15) is 4.79 Å². The third-order valence-electron chi connectivity index (χ3n) is 2.24. The Morgan fingerprint density at radius 1 is 1.31 bits per heavy atom. The average Bonchev–Trinajstić information content (AvgIpc) is 2.31. The summed E-state index contributed by atoms with van der Waals surface area (Å²) >= 11 is 0. The van der Waals surface area contributed by atoms with Crippen LogP contribution in [0.4, 0.5) is 10.5 Å². The molecule has 88 valence electrons. The molecule has 4 heteroatoms. The Bertz CT molecular complexity index is 335. The minimum Gasteiger partial charge on any atom is -0.494 e. The summed E-state index contributed by atoms with van der Waals surface area (Å²) in [4.78, 5) is 13.1. The zero-order valence-corrected chi connectivity index (χ0v) is 9.99. The second-order valence-electron chi connectivity index (χ2n) is 3.40. The van der Waals surface area contributed by atoms with E-state index in [4.69, 9.17) is 4.74 Å². The Labute approximate surface area is 96.2 Å². The summed E-state index contributed by atoms with van der Waals surface area (Å²) in [5, 5.41) is 2.79. The van der Waals surface area contributed by atoms with Crippen LogP contribution in [0.15, 0.2) is 24.3 Å². The van der Waals surface area contributed by atoms with Crippen LogP contribution in [-0.2, 0) is 0 Å². The number of nitrogens with zero attached hydrogens (tertiary/aromatic N) is 1. The summed E-state index contributed by atoms with van der Waals surface area (Å²) in [7, 11) is 1.75. The van der Waals surface area contributed by atoms with Crippen molar-refractivity contribution in [2.24, 2.45) is 0 Å². The molecule has 0 heterocycles. The van der Waals surface area contributed by atoms with Crippen LogP contribution in [0.25, 0.3) is 0 Å². The van der Waals surface area contributed by atoms with Gasteiger partial charge in [0.15, 0.2) is 0 Å². The van der Waals surface area contributed by atoms with Crippen molar-refractivity contribution in [1.29, 1.82) is 0 Å². The molecule has 0 bridgehead atoms. The topological polar surface area (TPSA) is 41.6 Å². The molecule has 2 amide bonds. The van der Waals surface area contributed by atoms with Gasteiger partial charge in [0.2, 0.25) is 0 Å². The van der Waals surface area contributed by atoms with Gasteiger partial charge in [0, 0.05) is 19.3 Å². The van der Waals surface area contributed by atoms with E-state index in [1.807, 2.05) is 38.1 Å². The molecule has 0 fully saturated rings. The number of rotatable bonds is 4. The lowest BCUT2D eigenvalue weighted by atomic mass is 10.3. The van der Waals surface area contributed by atoms with Gasteiger partial charge in [0.05, 0.1) is 6.61 Å². The number of ether oxygens (including phenoxy) is 1. The molecule has 4 nitrogen and oxygen atoms in total. The third kappa shape index (κ3) is 3.46. The summed E-state index contributed by atoms with van der Waals surface area (Å²) in [6.45, 7) is 5.19. The molecule has 1 N–H and O–H groups in total. The number of urea groups is 1. The van der Waals surface area contributed by atoms with Gasteiger partial charge in [-0.25, -0.2) is 4.79 Å². The number of nitrogens with one attached hydrogen (secondary N) is 1. The highest BCUT2D eigenvalue weighted by atomic mass is 16.5. The fourth-order valence-corrected chi connectivity index (χ4v) is 1.16. The van der Waals surface area contributed by atoms with Crippen LogP contribution in [0.5, 0.6) is 5.75 Å². The third-order valence-corrected chi connectivity index (χ3v) is 2.24. The van der Waals surface area contributed by atoms with Crippen LogP contribution in [0.3, 0.4) is 0 Å². The van der Waals surface area contributed by atoms with Gasteiger partial charge in [0.25, 0.3) is 0 Å². The second-order valence-corrected chi connectivity index (χ2v) is 3.40. The Morgan fingerprint density at radius 2 is 1.94 bits per heavy atom. The van der Waals surface area contributed by atoms with Gasteiger partial charge < -0.3 is 15.0 Å². The van der Waals surface area contributed by atoms with Crippen molar-refractivity contribution in [2.45, 2.75) is 13.8 Å². The van der Waals surface area contributed by atoms with E-state index in [2.05, 4.69) is 5.32 Å². The van der Waals surface area contributed by atoms with Crippen LogP contribution < -0.4 is 10.1 Å². The first kappa shape index (κ1) is 12.4. The largest absolute Gasteiger partial charge is 0.494 e. The smallest absolute Gasteiger partial charge is 0.321 e. The van der Waals surface area contributed by atoms with Gasteiger partial charge >= 0.3 is 6.03 Å². The van der Waals surface area contributed by atoms with Crippen LogP contribution in [0, 0.1) is 0 Å². The molecule has 0 atom stereocenters. The summed E-state index contributed by atoms with van der Waals surface area (Å²) in [5.41, 5.74) is 0.772. The molecule has 0 aliphatic carbocycles. The number of anilines is 1. The highest BCUT2D eigenvalue weighted by molar-refractivity contribution is 5.89. The lowest BCUT2D eigenvalue weighted by Crippen LogP contribution is -2.30. The molecule has 0 aromatic heterocycles. The summed E-state index contributed by atoms with van der Waals surface area (Å²) in [6, 6.07) is 7.22. The Kier molecular flexibility index (Phi) is 4.64. The predicted molar refractivity (Wildman–Crippen MR) is 64.9 cm³/mol. The van der Waals surface area contributed by atoms with Crippen LogP contribution >= 0.6 is 0 Å². The van der Waals surface area contributed by atoms with Crippen LogP contribution in [-0.4, -0.2) is 31.1 Å². The molecule has 0 aliphatic rings. The molecular formula is C12H18N2O2. The van der Waals surface area contributed by atoms with Gasteiger partial charge in [-0.1, -0.05) is 0 Å². The number of carbonyl (C=O) groups excluding carboxylic acids is 1. The molecule has 1 aromatic rings. The zero-order valence-electron chi connectivity index (χ0n) is 9.99. The van der Waals surface area contributed by atoms with Crippen molar-refractivity contribution in [2.75, 3.05) is 25.5 Å². The predicted octanol–water partition coefficient (Wildman–Crippen LogP) is 2.57. The van der Waals surface area contributed by atoms with Crippen molar-refractivity contribution in [3.8, 4) is 5.75 Å². The molecule has 16 heavy (non-hydrogen) atoms. The van der Waals surface area contributed by atoms with Crippen molar-refractivity contribution in [3.63, 3.8) is 0 Å². The van der Waals surface area contributed by atoms with Gasteiger partial charge in [-0.05, 0) is 38.1 Å². The standard InChI is InChI=1S/C12H18N2O2/c1-4-14(3)12(15)13-10-6-8-11(9-7-10)16-5-2/h6-9H,4-5H2,1-3H3,(H,13,15). The molecular weight excluding hydrogens is 204 g/mol. The molecule has 0 aliphatic heterocycles. The lowest BCUT2D eigenvalue weighted by molar-refractivity contribution is 0.224. The van der Waals surface area contributed by atoms with E-state index in [0.29, 0.717) is 13.2 Å². The molecule has 0 unspecified atom stereocenters. The highest BCUT2D eigenvalue weighted by Crippen LogP contribution is 2.15. The summed E-state index contributed by atoms with van der Waals surface area (Å²) < 4.78 is 5.31. The zero-order chi connectivity index (χ0) is 12.0. The normalized spacial score (nSPS) is 9.69.